The molecule has 0 bridgehead atoms. The van der Waals surface area contributed by atoms with Crippen LogP contribution in [0.25, 0.3) is 0 Å². The fourth-order valence-electron chi connectivity index (χ4n) is 2.62. The Labute approximate surface area is 156 Å². The molecular formula is C19H30ClNO4. The van der Waals surface area contributed by atoms with Crippen LogP contribution in [0, 0.1) is 0 Å². The van der Waals surface area contributed by atoms with Crippen LogP contribution in [-0.2, 0) is 31.8 Å². The molecule has 0 radical (unpaired) electrons. The summed E-state index contributed by atoms with van der Waals surface area (Å²) in [4.78, 5) is 14.1. The zero-order valence-corrected chi connectivity index (χ0v) is 16.3. The second-order valence-corrected chi connectivity index (χ2v) is 5.80. The molecule has 25 heavy (non-hydrogen) atoms. The number of methoxy groups -OCH3 is 1. The van der Waals surface area contributed by atoms with E-state index in [1.54, 1.807) is 12.0 Å². The van der Waals surface area contributed by atoms with Crippen LogP contribution >= 0.6 is 11.6 Å². The number of nitrogens with zero attached hydrogens (tertiary/aromatic N) is 1. The SMILES string of the molecule is CCc1cccc(CC)c1N(CCOCCOCCOC)C(=O)CCl. The van der Waals surface area contributed by atoms with Crippen molar-refractivity contribution in [2.24, 2.45) is 0 Å². The predicted molar refractivity (Wildman–Crippen MR) is 102 cm³/mol. The zero-order valence-electron chi connectivity index (χ0n) is 15.6. The quantitative estimate of drug-likeness (QED) is 0.395. The molecule has 0 spiro atoms. The molecule has 1 rings (SSSR count). The summed E-state index contributed by atoms with van der Waals surface area (Å²) in [6, 6.07) is 6.17. The third-order valence-corrected chi connectivity index (χ3v) is 4.14. The number of carbonyl (C=O) groups excluding carboxylic acids is 1. The first-order chi connectivity index (χ1) is 12.2. The average Bonchev–Trinajstić information content (AvgIpc) is 2.65. The monoisotopic (exact) mass is 371 g/mol. The molecule has 5 nitrogen and oxygen atoms in total. The first-order valence-corrected chi connectivity index (χ1v) is 9.34. The summed E-state index contributed by atoms with van der Waals surface area (Å²) in [5, 5.41) is 0. The highest BCUT2D eigenvalue weighted by molar-refractivity contribution is 6.29. The molecule has 1 amide bonds. The maximum Gasteiger partial charge on any atom is 0.242 e. The number of aryl methyl sites for hydroxylation is 2. The van der Waals surface area contributed by atoms with Crippen molar-refractivity contribution in [1.82, 2.24) is 0 Å². The Morgan fingerprint density at radius 1 is 1.00 bits per heavy atom. The Morgan fingerprint density at radius 3 is 2.08 bits per heavy atom. The van der Waals surface area contributed by atoms with Crippen molar-refractivity contribution in [1.29, 1.82) is 0 Å². The average molecular weight is 372 g/mol. The first-order valence-electron chi connectivity index (χ1n) is 8.81. The van der Waals surface area contributed by atoms with Gasteiger partial charge in [-0.05, 0) is 24.0 Å². The van der Waals surface area contributed by atoms with Crippen LogP contribution in [0.3, 0.4) is 0 Å². The van der Waals surface area contributed by atoms with Crippen LogP contribution < -0.4 is 4.90 Å². The van der Waals surface area contributed by atoms with E-state index in [2.05, 4.69) is 26.0 Å². The highest BCUT2D eigenvalue weighted by Crippen LogP contribution is 2.27. The number of hydrogen-bond donors (Lipinski definition) is 0. The maximum absolute atomic E-state index is 12.4. The fraction of sp³-hybridized carbons (Fsp3) is 0.632. The van der Waals surface area contributed by atoms with E-state index < -0.39 is 0 Å². The fourth-order valence-corrected chi connectivity index (χ4v) is 2.76. The van der Waals surface area contributed by atoms with E-state index in [4.69, 9.17) is 25.8 Å². The molecule has 0 aliphatic heterocycles. The molecule has 0 saturated heterocycles. The molecule has 0 heterocycles. The molecule has 0 N–H and O–H groups in total. The molecule has 0 atom stereocenters. The summed E-state index contributed by atoms with van der Waals surface area (Å²) in [6.07, 6.45) is 1.73. The molecule has 0 aliphatic carbocycles. The standard InChI is InChI=1S/C19H30ClNO4/c1-4-16-7-6-8-17(5-2)19(16)21(18(22)15-20)9-10-24-13-14-25-12-11-23-3/h6-8H,4-5,9-15H2,1-3H3. The minimum atomic E-state index is -0.0998. The third kappa shape index (κ3) is 7.32. The first kappa shape index (κ1) is 21.9. The van der Waals surface area contributed by atoms with E-state index in [1.165, 1.54) is 0 Å². The maximum atomic E-state index is 12.4. The van der Waals surface area contributed by atoms with Crippen LogP contribution in [0.1, 0.15) is 25.0 Å². The Hall–Kier alpha value is -1.14. The Morgan fingerprint density at radius 2 is 1.56 bits per heavy atom. The van der Waals surface area contributed by atoms with E-state index >= 15 is 0 Å². The van der Waals surface area contributed by atoms with E-state index in [0.717, 1.165) is 29.7 Å². The van der Waals surface area contributed by atoms with Gasteiger partial charge in [0.2, 0.25) is 5.91 Å². The molecule has 0 aromatic heterocycles. The number of rotatable bonds is 13. The molecule has 0 aliphatic rings. The van der Waals surface area contributed by atoms with Crippen molar-refractivity contribution in [2.75, 3.05) is 57.5 Å². The number of alkyl halides is 1. The Kier molecular flexibility index (Phi) is 11.5. The van der Waals surface area contributed by atoms with E-state index in [-0.39, 0.29) is 11.8 Å². The topological polar surface area (TPSA) is 48.0 Å². The van der Waals surface area contributed by atoms with Gasteiger partial charge in [-0.2, -0.15) is 0 Å². The summed E-state index contributed by atoms with van der Waals surface area (Å²) in [7, 11) is 1.64. The molecule has 0 fully saturated rings. The van der Waals surface area contributed by atoms with Crippen molar-refractivity contribution in [3.8, 4) is 0 Å². The van der Waals surface area contributed by atoms with Gasteiger partial charge in [0.25, 0.3) is 0 Å². The van der Waals surface area contributed by atoms with Gasteiger partial charge in [-0.15, -0.1) is 11.6 Å². The molecule has 142 valence electrons. The lowest BCUT2D eigenvalue weighted by molar-refractivity contribution is -0.116. The normalized spacial score (nSPS) is 10.9. The van der Waals surface area contributed by atoms with Gasteiger partial charge in [0.1, 0.15) is 5.88 Å². The number of hydrogen-bond acceptors (Lipinski definition) is 4. The van der Waals surface area contributed by atoms with Crippen LogP contribution in [0.15, 0.2) is 18.2 Å². The van der Waals surface area contributed by atoms with E-state index in [1.807, 2.05) is 6.07 Å². The largest absolute Gasteiger partial charge is 0.382 e. The Balaban J connectivity index is 2.66. The van der Waals surface area contributed by atoms with Gasteiger partial charge in [0.15, 0.2) is 0 Å². The molecule has 6 heteroatoms. The third-order valence-electron chi connectivity index (χ3n) is 3.91. The van der Waals surface area contributed by atoms with Crippen molar-refractivity contribution >= 4 is 23.2 Å². The lowest BCUT2D eigenvalue weighted by atomic mass is 10.0. The van der Waals surface area contributed by atoms with Gasteiger partial charge in [-0.25, -0.2) is 0 Å². The summed E-state index contributed by atoms with van der Waals surface area (Å²) in [5.41, 5.74) is 3.29. The lowest BCUT2D eigenvalue weighted by Gasteiger charge is -2.27. The van der Waals surface area contributed by atoms with Crippen molar-refractivity contribution in [2.45, 2.75) is 26.7 Å². The highest BCUT2D eigenvalue weighted by Gasteiger charge is 2.20. The second-order valence-electron chi connectivity index (χ2n) is 5.53. The van der Waals surface area contributed by atoms with Gasteiger partial charge in [0.05, 0.1) is 38.7 Å². The lowest BCUT2D eigenvalue weighted by Crippen LogP contribution is -2.36. The summed E-state index contributed by atoms with van der Waals surface area (Å²) < 4.78 is 15.9. The summed E-state index contributed by atoms with van der Waals surface area (Å²) in [5.74, 6) is -0.140. The molecule has 1 aromatic rings. The highest BCUT2D eigenvalue weighted by atomic mass is 35.5. The summed E-state index contributed by atoms with van der Waals surface area (Å²) in [6.45, 7) is 7.24. The number of benzene rings is 1. The molecular weight excluding hydrogens is 342 g/mol. The van der Waals surface area contributed by atoms with Crippen LogP contribution in [0.4, 0.5) is 5.69 Å². The number of carbonyl (C=O) groups is 1. The minimum absolute atomic E-state index is 0.0403. The number of amides is 1. The van der Waals surface area contributed by atoms with E-state index in [9.17, 15) is 4.79 Å². The summed E-state index contributed by atoms with van der Waals surface area (Å²) >= 11 is 5.83. The second kappa shape index (κ2) is 13.1. The van der Waals surface area contributed by atoms with Crippen LogP contribution in [-0.4, -0.2) is 58.5 Å². The molecule has 0 unspecified atom stereocenters. The zero-order chi connectivity index (χ0) is 18.5. The van der Waals surface area contributed by atoms with Gasteiger partial charge in [-0.3, -0.25) is 4.79 Å². The van der Waals surface area contributed by atoms with Gasteiger partial charge in [-0.1, -0.05) is 32.0 Å². The number of para-hydroxylation sites is 1. The predicted octanol–water partition coefficient (Wildman–Crippen LogP) is 3.06. The number of anilines is 1. The van der Waals surface area contributed by atoms with Crippen molar-refractivity contribution in [3.63, 3.8) is 0 Å². The van der Waals surface area contributed by atoms with E-state index in [0.29, 0.717) is 39.6 Å². The smallest absolute Gasteiger partial charge is 0.242 e. The van der Waals surface area contributed by atoms with Gasteiger partial charge >= 0.3 is 0 Å². The van der Waals surface area contributed by atoms with Gasteiger partial charge < -0.3 is 19.1 Å². The van der Waals surface area contributed by atoms with Crippen molar-refractivity contribution < 1.29 is 19.0 Å². The van der Waals surface area contributed by atoms with Gasteiger partial charge in [0, 0.05) is 13.7 Å². The molecule has 0 saturated carbocycles. The van der Waals surface area contributed by atoms with Crippen LogP contribution in [0.2, 0.25) is 0 Å². The number of halogens is 1. The van der Waals surface area contributed by atoms with Crippen molar-refractivity contribution in [3.05, 3.63) is 29.3 Å². The molecule has 1 aromatic carbocycles. The Bertz CT molecular complexity index is 488. The minimum Gasteiger partial charge on any atom is -0.382 e. The number of ether oxygens (including phenoxy) is 3. The van der Waals surface area contributed by atoms with Crippen LogP contribution in [0.5, 0.6) is 0 Å².